The maximum Gasteiger partial charge on any atom is 0.328 e. The van der Waals surface area contributed by atoms with E-state index in [0.717, 1.165) is 31.8 Å². The molecule has 0 atom stereocenters. The van der Waals surface area contributed by atoms with Gasteiger partial charge in [-0.05, 0) is 36.6 Å². The first kappa shape index (κ1) is 15.2. The molecule has 0 aliphatic heterocycles. The van der Waals surface area contributed by atoms with E-state index in [4.69, 9.17) is 5.11 Å². The van der Waals surface area contributed by atoms with E-state index in [2.05, 4.69) is 5.32 Å². The third kappa shape index (κ3) is 4.41. The summed E-state index contributed by atoms with van der Waals surface area (Å²) in [6.07, 6.45) is 7.47. The molecule has 4 nitrogen and oxygen atoms in total. The molecular formula is C16H18FNO3. The second-order valence-corrected chi connectivity index (χ2v) is 5.22. The highest BCUT2D eigenvalue weighted by molar-refractivity contribution is 5.95. The van der Waals surface area contributed by atoms with Crippen molar-refractivity contribution in [3.63, 3.8) is 0 Å². The van der Waals surface area contributed by atoms with Crippen molar-refractivity contribution in [3.05, 3.63) is 41.2 Å². The number of aliphatic carboxylic acids is 1. The standard InChI is InChI=1S/C16H18FNO3/c17-14-8-6-11(7-9-15(19)20)10-13(14)16(21)18-12-4-2-1-3-5-12/h6-10,12H,1-5H2,(H,18,21)(H,19,20). The van der Waals surface area contributed by atoms with E-state index in [9.17, 15) is 14.0 Å². The molecule has 0 spiro atoms. The molecule has 0 bridgehead atoms. The largest absolute Gasteiger partial charge is 0.478 e. The Kier molecular flexibility index (Phi) is 5.09. The smallest absolute Gasteiger partial charge is 0.328 e. The van der Waals surface area contributed by atoms with Crippen LogP contribution in [0.3, 0.4) is 0 Å². The molecule has 0 saturated heterocycles. The molecule has 2 N–H and O–H groups in total. The van der Waals surface area contributed by atoms with Crippen LogP contribution in [0.2, 0.25) is 0 Å². The summed E-state index contributed by atoms with van der Waals surface area (Å²) >= 11 is 0. The third-order valence-corrected chi connectivity index (χ3v) is 3.59. The van der Waals surface area contributed by atoms with Crippen molar-refractivity contribution >= 4 is 18.0 Å². The molecule has 1 fully saturated rings. The highest BCUT2D eigenvalue weighted by Crippen LogP contribution is 2.19. The lowest BCUT2D eigenvalue weighted by Crippen LogP contribution is -2.36. The Morgan fingerprint density at radius 3 is 2.62 bits per heavy atom. The number of carbonyl (C=O) groups is 2. The van der Waals surface area contributed by atoms with Crippen molar-refractivity contribution in [2.45, 2.75) is 38.1 Å². The zero-order chi connectivity index (χ0) is 15.2. The van der Waals surface area contributed by atoms with Gasteiger partial charge in [0.05, 0.1) is 5.56 Å². The maximum absolute atomic E-state index is 13.8. The van der Waals surface area contributed by atoms with Crippen LogP contribution < -0.4 is 5.32 Å². The molecule has 2 rings (SSSR count). The van der Waals surface area contributed by atoms with Gasteiger partial charge in [0.2, 0.25) is 0 Å². The van der Waals surface area contributed by atoms with Gasteiger partial charge in [-0.15, -0.1) is 0 Å². The minimum atomic E-state index is -1.09. The molecule has 0 unspecified atom stereocenters. The maximum atomic E-state index is 13.8. The topological polar surface area (TPSA) is 66.4 Å². The molecule has 0 radical (unpaired) electrons. The molecule has 1 aromatic carbocycles. The number of benzene rings is 1. The molecule has 1 aliphatic rings. The van der Waals surface area contributed by atoms with Crippen LogP contribution in [0.15, 0.2) is 24.3 Å². The Hall–Kier alpha value is -2.17. The van der Waals surface area contributed by atoms with Gasteiger partial charge in [-0.3, -0.25) is 4.79 Å². The van der Waals surface area contributed by atoms with E-state index in [-0.39, 0.29) is 11.6 Å². The second kappa shape index (κ2) is 7.02. The molecular weight excluding hydrogens is 273 g/mol. The third-order valence-electron chi connectivity index (χ3n) is 3.59. The Labute approximate surface area is 122 Å². The van der Waals surface area contributed by atoms with E-state index in [1.165, 1.54) is 30.7 Å². The summed E-state index contributed by atoms with van der Waals surface area (Å²) in [5.41, 5.74) is 0.431. The Balaban J connectivity index is 2.11. The monoisotopic (exact) mass is 291 g/mol. The van der Waals surface area contributed by atoms with Gasteiger partial charge < -0.3 is 10.4 Å². The number of hydrogen-bond acceptors (Lipinski definition) is 2. The van der Waals surface area contributed by atoms with Crippen LogP contribution in [0.5, 0.6) is 0 Å². The molecule has 0 heterocycles. The van der Waals surface area contributed by atoms with Crippen LogP contribution >= 0.6 is 0 Å². The normalized spacial score (nSPS) is 16.0. The van der Waals surface area contributed by atoms with Crippen molar-refractivity contribution < 1.29 is 19.1 Å². The van der Waals surface area contributed by atoms with Gasteiger partial charge in [-0.2, -0.15) is 0 Å². The fourth-order valence-electron chi connectivity index (χ4n) is 2.50. The summed E-state index contributed by atoms with van der Waals surface area (Å²) in [6.45, 7) is 0. The summed E-state index contributed by atoms with van der Waals surface area (Å²) < 4.78 is 13.8. The summed E-state index contributed by atoms with van der Waals surface area (Å²) in [4.78, 5) is 22.6. The summed E-state index contributed by atoms with van der Waals surface area (Å²) in [7, 11) is 0. The van der Waals surface area contributed by atoms with E-state index in [0.29, 0.717) is 5.56 Å². The van der Waals surface area contributed by atoms with E-state index < -0.39 is 17.7 Å². The van der Waals surface area contributed by atoms with Gasteiger partial charge in [0.25, 0.3) is 5.91 Å². The highest BCUT2D eigenvalue weighted by atomic mass is 19.1. The SMILES string of the molecule is O=C(O)C=Cc1ccc(F)c(C(=O)NC2CCCCC2)c1. The molecule has 1 aromatic rings. The van der Waals surface area contributed by atoms with Gasteiger partial charge in [0, 0.05) is 12.1 Å². The number of amides is 1. The number of rotatable bonds is 4. The molecule has 21 heavy (non-hydrogen) atoms. The first-order valence-electron chi connectivity index (χ1n) is 7.07. The number of nitrogens with one attached hydrogen (secondary N) is 1. The number of halogens is 1. The predicted octanol–water partition coefficient (Wildman–Crippen LogP) is 2.99. The molecule has 1 aliphatic carbocycles. The van der Waals surface area contributed by atoms with Crippen LogP contribution in [-0.4, -0.2) is 23.0 Å². The van der Waals surface area contributed by atoms with E-state index in [1.54, 1.807) is 0 Å². The zero-order valence-corrected chi connectivity index (χ0v) is 11.6. The lowest BCUT2D eigenvalue weighted by Gasteiger charge is -2.22. The van der Waals surface area contributed by atoms with Crippen LogP contribution in [0, 0.1) is 5.82 Å². The quantitative estimate of drug-likeness (QED) is 0.838. The second-order valence-electron chi connectivity index (χ2n) is 5.22. The van der Waals surface area contributed by atoms with Gasteiger partial charge >= 0.3 is 5.97 Å². The lowest BCUT2D eigenvalue weighted by atomic mass is 9.95. The number of hydrogen-bond donors (Lipinski definition) is 2. The Morgan fingerprint density at radius 1 is 1.24 bits per heavy atom. The van der Waals surface area contributed by atoms with Crippen LogP contribution in [0.1, 0.15) is 48.0 Å². The Bertz CT molecular complexity index is 563. The zero-order valence-electron chi connectivity index (χ0n) is 11.6. The predicted molar refractivity (Wildman–Crippen MR) is 77.4 cm³/mol. The minimum Gasteiger partial charge on any atom is -0.478 e. The highest BCUT2D eigenvalue weighted by Gasteiger charge is 2.18. The molecule has 0 aromatic heterocycles. The summed E-state index contributed by atoms with van der Waals surface area (Å²) in [5.74, 6) is -2.13. The van der Waals surface area contributed by atoms with Crippen molar-refractivity contribution in [2.24, 2.45) is 0 Å². The molecule has 1 amide bonds. The lowest BCUT2D eigenvalue weighted by molar-refractivity contribution is -0.131. The van der Waals surface area contributed by atoms with Crippen LogP contribution in [-0.2, 0) is 4.79 Å². The van der Waals surface area contributed by atoms with Crippen molar-refractivity contribution in [2.75, 3.05) is 0 Å². The van der Waals surface area contributed by atoms with Crippen molar-refractivity contribution in [1.29, 1.82) is 0 Å². The van der Waals surface area contributed by atoms with E-state index >= 15 is 0 Å². The van der Waals surface area contributed by atoms with Crippen LogP contribution in [0.25, 0.3) is 6.08 Å². The average molecular weight is 291 g/mol. The first-order chi connectivity index (χ1) is 10.1. The van der Waals surface area contributed by atoms with E-state index in [1.807, 2.05) is 0 Å². The van der Waals surface area contributed by atoms with Gasteiger partial charge in [-0.25, -0.2) is 9.18 Å². The van der Waals surface area contributed by atoms with Crippen molar-refractivity contribution in [3.8, 4) is 0 Å². The van der Waals surface area contributed by atoms with Crippen LogP contribution in [0.4, 0.5) is 4.39 Å². The molecule has 5 heteroatoms. The van der Waals surface area contributed by atoms with Crippen molar-refractivity contribution in [1.82, 2.24) is 5.32 Å². The summed E-state index contributed by atoms with van der Waals surface area (Å²) in [5, 5.41) is 11.4. The van der Waals surface area contributed by atoms with Gasteiger partial charge in [-0.1, -0.05) is 25.3 Å². The van der Waals surface area contributed by atoms with Gasteiger partial charge in [0.1, 0.15) is 5.82 Å². The molecule has 112 valence electrons. The average Bonchev–Trinajstić information content (AvgIpc) is 2.47. The minimum absolute atomic E-state index is 0.0480. The summed E-state index contributed by atoms with van der Waals surface area (Å²) in [6, 6.07) is 4.08. The molecule has 1 saturated carbocycles. The first-order valence-corrected chi connectivity index (χ1v) is 7.07. The number of carboxylic acid groups (broad SMARTS) is 1. The fraction of sp³-hybridized carbons (Fsp3) is 0.375. The number of carboxylic acids is 1. The fourth-order valence-corrected chi connectivity index (χ4v) is 2.50. The Morgan fingerprint density at radius 2 is 1.95 bits per heavy atom. The number of carbonyl (C=O) groups excluding carboxylic acids is 1. The van der Waals surface area contributed by atoms with Gasteiger partial charge in [0.15, 0.2) is 0 Å².